The molecule has 1 aromatic rings. The molecular formula is C15H23BrN2O. The van der Waals surface area contributed by atoms with Crippen molar-refractivity contribution >= 4 is 21.6 Å². The Bertz CT molecular complexity index is 471. The van der Waals surface area contributed by atoms with Gasteiger partial charge in [-0.3, -0.25) is 0 Å². The molecule has 19 heavy (non-hydrogen) atoms. The van der Waals surface area contributed by atoms with Crippen molar-refractivity contribution in [2.24, 2.45) is 0 Å². The first-order valence-electron chi connectivity index (χ1n) is 6.68. The summed E-state index contributed by atoms with van der Waals surface area (Å²) in [6, 6.07) is 6.31. The highest BCUT2D eigenvalue weighted by Crippen LogP contribution is 2.31. The normalized spacial score (nSPS) is 27.2. The number of nitrogens with one attached hydrogen (secondary N) is 1. The minimum atomic E-state index is -0.715. The summed E-state index contributed by atoms with van der Waals surface area (Å²) in [5, 5.41) is 13.8. The SMILES string of the molecule is Cc1cc(Br)ccc1N1CC(C)(O)CNCC1(C)C. The number of halogens is 1. The van der Waals surface area contributed by atoms with E-state index in [0.29, 0.717) is 13.1 Å². The standard InChI is InChI=1S/C15H23BrN2O/c1-11-7-12(16)5-6-13(11)18-10-15(4,19)9-17-8-14(18,2)3/h5-7,17,19H,8-10H2,1-4H3. The van der Waals surface area contributed by atoms with Gasteiger partial charge in [0, 0.05) is 35.3 Å². The van der Waals surface area contributed by atoms with Crippen LogP contribution in [0.15, 0.2) is 22.7 Å². The third-order valence-corrected chi connectivity index (χ3v) is 4.24. The molecule has 2 rings (SSSR count). The van der Waals surface area contributed by atoms with Gasteiger partial charge in [-0.15, -0.1) is 0 Å². The molecule has 0 radical (unpaired) electrons. The molecule has 0 aliphatic carbocycles. The lowest BCUT2D eigenvalue weighted by atomic mass is 9.98. The van der Waals surface area contributed by atoms with Crippen LogP contribution in [0.1, 0.15) is 26.3 Å². The second kappa shape index (κ2) is 5.08. The first-order valence-corrected chi connectivity index (χ1v) is 7.47. The molecule has 4 heteroatoms. The van der Waals surface area contributed by atoms with Gasteiger partial charge in [0.25, 0.3) is 0 Å². The molecule has 1 atom stereocenters. The Balaban J connectivity index is 2.43. The summed E-state index contributed by atoms with van der Waals surface area (Å²) in [6.45, 7) is 10.5. The second-order valence-electron chi connectivity index (χ2n) is 6.43. The molecule has 1 fully saturated rings. The van der Waals surface area contributed by atoms with Crippen LogP contribution in [0, 0.1) is 6.92 Å². The molecule has 0 bridgehead atoms. The van der Waals surface area contributed by atoms with E-state index in [0.717, 1.165) is 11.0 Å². The third-order valence-electron chi connectivity index (χ3n) is 3.74. The van der Waals surface area contributed by atoms with Crippen LogP contribution in [0.5, 0.6) is 0 Å². The summed E-state index contributed by atoms with van der Waals surface area (Å²) in [5.41, 5.74) is 1.67. The molecule has 3 nitrogen and oxygen atoms in total. The summed E-state index contributed by atoms with van der Waals surface area (Å²) in [5.74, 6) is 0. The van der Waals surface area contributed by atoms with E-state index in [1.807, 2.05) is 6.92 Å². The minimum Gasteiger partial charge on any atom is -0.387 e. The van der Waals surface area contributed by atoms with Gasteiger partial charge in [0.2, 0.25) is 0 Å². The van der Waals surface area contributed by atoms with Crippen molar-refractivity contribution in [2.75, 3.05) is 24.5 Å². The number of nitrogens with zero attached hydrogens (tertiary/aromatic N) is 1. The van der Waals surface area contributed by atoms with Crippen LogP contribution in [-0.4, -0.2) is 35.9 Å². The summed E-state index contributed by atoms with van der Waals surface area (Å²) in [6.07, 6.45) is 0. The highest BCUT2D eigenvalue weighted by molar-refractivity contribution is 9.10. The molecule has 2 N–H and O–H groups in total. The quantitative estimate of drug-likeness (QED) is 0.832. The van der Waals surface area contributed by atoms with E-state index in [4.69, 9.17) is 0 Å². The fourth-order valence-corrected chi connectivity index (χ4v) is 3.15. The second-order valence-corrected chi connectivity index (χ2v) is 7.35. The Morgan fingerprint density at radius 1 is 1.26 bits per heavy atom. The average molecular weight is 327 g/mol. The van der Waals surface area contributed by atoms with Gasteiger partial charge in [0.15, 0.2) is 0 Å². The average Bonchev–Trinajstić information content (AvgIpc) is 2.35. The largest absolute Gasteiger partial charge is 0.387 e. The number of hydrogen-bond donors (Lipinski definition) is 2. The van der Waals surface area contributed by atoms with Crippen LogP contribution in [0.2, 0.25) is 0 Å². The highest BCUT2D eigenvalue weighted by atomic mass is 79.9. The molecule has 1 heterocycles. The lowest BCUT2D eigenvalue weighted by molar-refractivity contribution is 0.0720. The molecule has 1 aliphatic rings. The van der Waals surface area contributed by atoms with Crippen LogP contribution in [0.3, 0.4) is 0 Å². The maximum absolute atomic E-state index is 10.5. The molecule has 1 aromatic carbocycles. The van der Waals surface area contributed by atoms with Crippen molar-refractivity contribution < 1.29 is 5.11 Å². The van der Waals surface area contributed by atoms with Crippen molar-refractivity contribution in [3.8, 4) is 0 Å². The zero-order chi connectivity index (χ0) is 14.3. The van der Waals surface area contributed by atoms with Crippen molar-refractivity contribution in [2.45, 2.75) is 38.8 Å². The predicted octanol–water partition coefficient (Wildman–Crippen LogP) is 2.70. The molecule has 1 saturated heterocycles. The number of aliphatic hydroxyl groups is 1. The Labute approximate surface area is 124 Å². The molecular weight excluding hydrogens is 304 g/mol. The fraction of sp³-hybridized carbons (Fsp3) is 0.600. The van der Waals surface area contributed by atoms with Gasteiger partial charge in [-0.2, -0.15) is 0 Å². The maximum atomic E-state index is 10.5. The summed E-state index contributed by atoms with van der Waals surface area (Å²) < 4.78 is 1.09. The molecule has 0 saturated carbocycles. The van der Waals surface area contributed by atoms with E-state index in [-0.39, 0.29) is 5.54 Å². The maximum Gasteiger partial charge on any atom is 0.0917 e. The predicted molar refractivity (Wildman–Crippen MR) is 83.8 cm³/mol. The van der Waals surface area contributed by atoms with E-state index in [1.165, 1.54) is 11.3 Å². The number of β-amino-alcohol motifs (C(OH)–C–C–N with tert-alkyl or cyclic N) is 1. The molecule has 106 valence electrons. The van der Waals surface area contributed by atoms with Gasteiger partial charge in [0.1, 0.15) is 0 Å². The number of hydrogen-bond acceptors (Lipinski definition) is 3. The Hall–Kier alpha value is -0.580. The first-order chi connectivity index (χ1) is 8.71. The monoisotopic (exact) mass is 326 g/mol. The fourth-order valence-electron chi connectivity index (χ4n) is 2.68. The Morgan fingerprint density at radius 3 is 2.58 bits per heavy atom. The lowest BCUT2D eigenvalue weighted by Crippen LogP contribution is -2.51. The van der Waals surface area contributed by atoms with Crippen LogP contribution in [0.4, 0.5) is 5.69 Å². The third kappa shape index (κ3) is 3.30. The number of benzene rings is 1. The minimum absolute atomic E-state index is 0.0287. The number of anilines is 1. The van der Waals surface area contributed by atoms with E-state index in [2.05, 4.69) is 65.1 Å². The van der Waals surface area contributed by atoms with Gasteiger partial charge < -0.3 is 15.3 Å². The Kier molecular flexibility index (Phi) is 3.96. The van der Waals surface area contributed by atoms with Crippen LogP contribution >= 0.6 is 15.9 Å². The Morgan fingerprint density at radius 2 is 1.95 bits per heavy atom. The molecule has 0 spiro atoms. The van der Waals surface area contributed by atoms with Crippen molar-refractivity contribution in [3.63, 3.8) is 0 Å². The van der Waals surface area contributed by atoms with E-state index in [1.54, 1.807) is 0 Å². The van der Waals surface area contributed by atoms with Crippen molar-refractivity contribution in [1.29, 1.82) is 0 Å². The van der Waals surface area contributed by atoms with Gasteiger partial charge >= 0.3 is 0 Å². The highest BCUT2D eigenvalue weighted by Gasteiger charge is 2.36. The van der Waals surface area contributed by atoms with Gasteiger partial charge in [-0.1, -0.05) is 15.9 Å². The topological polar surface area (TPSA) is 35.5 Å². The van der Waals surface area contributed by atoms with Crippen molar-refractivity contribution in [3.05, 3.63) is 28.2 Å². The van der Waals surface area contributed by atoms with Gasteiger partial charge in [-0.25, -0.2) is 0 Å². The number of aryl methyl sites for hydroxylation is 1. The molecule has 1 unspecified atom stereocenters. The molecule has 1 aliphatic heterocycles. The zero-order valence-electron chi connectivity index (χ0n) is 12.1. The van der Waals surface area contributed by atoms with Gasteiger partial charge in [0.05, 0.1) is 5.60 Å². The van der Waals surface area contributed by atoms with E-state index in [9.17, 15) is 5.11 Å². The summed E-state index contributed by atoms with van der Waals surface area (Å²) >= 11 is 3.51. The zero-order valence-corrected chi connectivity index (χ0v) is 13.7. The van der Waals surface area contributed by atoms with Crippen molar-refractivity contribution in [1.82, 2.24) is 5.32 Å². The van der Waals surface area contributed by atoms with Crippen LogP contribution < -0.4 is 10.2 Å². The molecule has 0 aromatic heterocycles. The lowest BCUT2D eigenvalue weighted by Gasteiger charge is -2.41. The van der Waals surface area contributed by atoms with E-state index >= 15 is 0 Å². The first kappa shape index (κ1) is 14.8. The summed E-state index contributed by atoms with van der Waals surface area (Å²) in [4.78, 5) is 2.31. The van der Waals surface area contributed by atoms with Crippen LogP contribution in [0.25, 0.3) is 0 Å². The van der Waals surface area contributed by atoms with Crippen LogP contribution in [-0.2, 0) is 0 Å². The van der Waals surface area contributed by atoms with E-state index < -0.39 is 5.60 Å². The van der Waals surface area contributed by atoms with Gasteiger partial charge in [-0.05, 0) is 51.5 Å². The summed E-state index contributed by atoms with van der Waals surface area (Å²) in [7, 11) is 0. The number of rotatable bonds is 1. The smallest absolute Gasteiger partial charge is 0.0917 e. The molecule has 0 amide bonds.